The van der Waals surface area contributed by atoms with Crippen molar-refractivity contribution in [1.82, 2.24) is 10.2 Å². The van der Waals surface area contributed by atoms with Crippen LogP contribution in [0.15, 0.2) is 33.9 Å². The van der Waals surface area contributed by atoms with Crippen molar-refractivity contribution < 1.29 is 28.7 Å². The first kappa shape index (κ1) is 22.9. The highest BCUT2D eigenvalue weighted by molar-refractivity contribution is 8.14. The first-order valence-corrected chi connectivity index (χ1v) is 11.0. The highest BCUT2D eigenvalue weighted by atomic mass is 32.2. The van der Waals surface area contributed by atoms with E-state index < -0.39 is 0 Å². The molecule has 0 aliphatic carbocycles. The lowest BCUT2D eigenvalue weighted by atomic mass is 10.2. The monoisotopic (exact) mass is 449 g/mol. The van der Waals surface area contributed by atoms with Crippen LogP contribution in [0.25, 0.3) is 0 Å². The molecule has 0 saturated carbocycles. The molecule has 0 spiro atoms. The Morgan fingerprint density at radius 3 is 2.55 bits per heavy atom. The minimum Gasteiger partial charge on any atom is -0.862 e. The number of thioether (sulfide) groups is 1. The van der Waals surface area contributed by atoms with Gasteiger partial charge < -0.3 is 14.6 Å². The number of aromatic nitrogens is 2. The molecule has 2 heterocycles. The Kier molecular flexibility index (Phi) is 8.13. The van der Waals surface area contributed by atoms with Gasteiger partial charge in [-0.25, -0.2) is 4.99 Å². The highest BCUT2D eigenvalue weighted by Gasteiger charge is 2.25. The smallest absolute Gasteiger partial charge is 0.324 e. The van der Waals surface area contributed by atoms with E-state index in [9.17, 15) is 9.90 Å². The molecule has 1 fully saturated rings. The maximum Gasteiger partial charge on any atom is 0.324 e. The fraction of sp³-hybridized carbons (Fsp3) is 0.500. The molecular formula is C20H27N5O5S. The Labute approximate surface area is 185 Å². The minimum absolute atomic E-state index is 0.0870. The van der Waals surface area contributed by atoms with Crippen molar-refractivity contribution in [2.24, 2.45) is 4.99 Å². The van der Waals surface area contributed by atoms with Gasteiger partial charge in [0.15, 0.2) is 0 Å². The fourth-order valence-electron chi connectivity index (χ4n) is 3.21. The van der Waals surface area contributed by atoms with Crippen molar-refractivity contribution in [1.29, 1.82) is 0 Å². The van der Waals surface area contributed by atoms with E-state index in [1.54, 1.807) is 29.2 Å². The van der Waals surface area contributed by atoms with Gasteiger partial charge in [0.1, 0.15) is 17.1 Å². The van der Waals surface area contributed by atoms with Gasteiger partial charge in [-0.2, -0.15) is 5.01 Å². The van der Waals surface area contributed by atoms with Gasteiger partial charge in [-0.1, -0.05) is 24.8 Å². The van der Waals surface area contributed by atoms with Crippen molar-refractivity contribution in [3.05, 3.63) is 30.0 Å². The lowest BCUT2D eigenvalue weighted by Gasteiger charge is -2.28. The lowest BCUT2D eigenvalue weighted by molar-refractivity contribution is -0.759. The summed E-state index contributed by atoms with van der Waals surface area (Å²) in [6, 6.07) is 5.13. The second-order valence-electron chi connectivity index (χ2n) is 6.78. The molecule has 0 bridgehead atoms. The van der Waals surface area contributed by atoms with Crippen LogP contribution in [0.2, 0.25) is 0 Å². The molecule has 1 aliphatic rings. The van der Waals surface area contributed by atoms with E-state index in [0.29, 0.717) is 17.1 Å². The molecule has 10 nitrogen and oxygen atoms in total. The Bertz CT molecular complexity index is 889. The van der Waals surface area contributed by atoms with Gasteiger partial charge in [-0.15, -0.1) is 0 Å². The van der Waals surface area contributed by atoms with Crippen LogP contribution in [0.1, 0.15) is 23.7 Å². The highest BCUT2D eigenvalue weighted by Crippen LogP contribution is 2.32. The number of methoxy groups -OCH3 is 2. The molecule has 0 unspecified atom stereocenters. The molecule has 31 heavy (non-hydrogen) atoms. The van der Waals surface area contributed by atoms with Gasteiger partial charge in [-0.05, 0) is 31.0 Å². The van der Waals surface area contributed by atoms with E-state index in [-0.39, 0.29) is 29.1 Å². The van der Waals surface area contributed by atoms with Crippen LogP contribution >= 0.6 is 11.8 Å². The molecular weight excluding hydrogens is 422 g/mol. The topological polar surface area (TPSA) is 107 Å². The van der Waals surface area contributed by atoms with Crippen LogP contribution in [0, 0.1) is 0 Å². The second kappa shape index (κ2) is 11.0. The number of carbonyl (C=O) groups is 1. The summed E-state index contributed by atoms with van der Waals surface area (Å²) in [4.78, 5) is 20.5. The number of benzene rings is 1. The molecule has 168 valence electrons. The summed E-state index contributed by atoms with van der Waals surface area (Å²) < 4.78 is 15.7. The lowest BCUT2D eigenvalue weighted by Crippen LogP contribution is -2.65. The standard InChI is InChI=1S/C20H27N5O5S/c1-4-23-9-11-24(12-10-23)25-14-18(30-22-25)21-17(26)8-13-31-20(27)19-15(28-2)6-5-7-16(19)29-3/h5-7,14H,4,8-13H2,1-3H3. The Balaban J connectivity index is 1.53. The normalized spacial score (nSPS) is 15.2. The van der Waals surface area contributed by atoms with Gasteiger partial charge in [0.25, 0.3) is 6.20 Å². The average molecular weight is 450 g/mol. The molecule has 1 aromatic heterocycles. The zero-order valence-electron chi connectivity index (χ0n) is 17.9. The van der Waals surface area contributed by atoms with Crippen LogP contribution in [-0.4, -0.2) is 73.9 Å². The third-order valence-electron chi connectivity index (χ3n) is 4.95. The van der Waals surface area contributed by atoms with E-state index >= 15 is 0 Å². The van der Waals surface area contributed by atoms with Gasteiger partial charge in [0, 0.05) is 18.8 Å². The van der Waals surface area contributed by atoms with Gasteiger partial charge in [-0.3, -0.25) is 14.2 Å². The van der Waals surface area contributed by atoms with E-state index in [0.717, 1.165) is 44.5 Å². The SMILES string of the molecule is CCN1CCN([n+]2cc(N=C([O-])CCSC(=O)c3c(OC)cccc3OC)on2)CC1. The number of piperazine rings is 1. The zero-order valence-corrected chi connectivity index (χ0v) is 18.8. The van der Waals surface area contributed by atoms with Crippen molar-refractivity contribution >= 4 is 28.7 Å². The molecule has 0 N–H and O–H groups in total. The van der Waals surface area contributed by atoms with Crippen LogP contribution in [-0.2, 0) is 0 Å². The molecule has 1 aliphatic heterocycles. The molecule has 0 radical (unpaired) electrons. The second-order valence-corrected chi connectivity index (χ2v) is 7.85. The molecule has 0 atom stereocenters. The van der Waals surface area contributed by atoms with Crippen LogP contribution in [0.5, 0.6) is 11.5 Å². The van der Waals surface area contributed by atoms with Gasteiger partial charge in [0.05, 0.1) is 32.1 Å². The number of rotatable bonds is 9. The number of ether oxygens (including phenoxy) is 2. The summed E-state index contributed by atoms with van der Waals surface area (Å²) in [5, 5.41) is 17.9. The quantitative estimate of drug-likeness (QED) is 0.309. The molecule has 3 rings (SSSR count). The third-order valence-corrected chi connectivity index (χ3v) is 5.82. The summed E-state index contributed by atoms with van der Waals surface area (Å²) in [7, 11) is 2.98. The largest absolute Gasteiger partial charge is 0.862 e. The number of hydrogen-bond acceptors (Lipinski definition) is 10. The minimum atomic E-state index is -0.383. The Hall–Kier alpha value is -2.79. The van der Waals surface area contributed by atoms with E-state index in [2.05, 4.69) is 22.1 Å². The number of likely N-dealkylation sites (N-methyl/N-ethyl adjacent to an activating group) is 1. The average Bonchev–Trinajstić information content (AvgIpc) is 3.26. The predicted molar refractivity (Wildman–Crippen MR) is 115 cm³/mol. The molecule has 0 amide bonds. The van der Waals surface area contributed by atoms with Crippen molar-refractivity contribution in [3.63, 3.8) is 0 Å². The van der Waals surface area contributed by atoms with Crippen LogP contribution < -0.4 is 24.4 Å². The summed E-state index contributed by atoms with van der Waals surface area (Å²) >= 11 is 1.01. The number of carbonyl (C=O) groups excluding carboxylic acids is 1. The van der Waals surface area contributed by atoms with Crippen molar-refractivity contribution in [2.75, 3.05) is 57.7 Å². The van der Waals surface area contributed by atoms with Gasteiger partial charge >= 0.3 is 5.88 Å². The predicted octanol–water partition coefficient (Wildman–Crippen LogP) is 0.607. The summed E-state index contributed by atoms with van der Waals surface area (Å²) in [5.74, 6) is 0.893. The van der Waals surface area contributed by atoms with Crippen LogP contribution in [0.3, 0.4) is 0 Å². The summed E-state index contributed by atoms with van der Waals surface area (Å²) in [6.07, 6.45) is 1.68. The number of hydrogen-bond donors (Lipinski definition) is 0. The van der Waals surface area contributed by atoms with Crippen LogP contribution in [0.4, 0.5) is 5.88 Å². The molecule has 1 saturated heterocycles. The maximum atomic E-state index is 12.6. The summed E-state index contributed by atoms with van der Waals surface area (Å²) in [6.45, 7) is 6.71. The molecule has 2 aromatic rings. The summed E-state index contributed by atoms with van der Waals surface area (Å²) in [5.41, 5.74) is 0.348. The molecule has 11 heteroatoms. The van der Waals surface area contributed by atoms with Crippen molar-refractivity contribution in [3.8, 4) is 11.5 Å². The van der Waals surface area contributed by atoms with Gasteiger partial charge in [0.2, 0.25) is 10.4 Å². The first-order valence-electron chi connectivity index (χ1n) is 10.0. The molecule has 1 aromatic carbocycles. The Morgan fingerprint density at radius 1 is 1.26 bits per heavy atom. The maximum absolute atomic E-state index is 12.6. The third kappa shape index (κ3) is 5.88. The van der Waals surface area contributed by atoms with E-state index in [1.807, 2.05) is 5.01 Å². The Morgan fingerprint density at radius 2 is 1.94 bits per heavy atom. The van der Waals surface area contributed by atoms with Crippen molar-refractivity contribution in [2.45, 2.75) is 13.3 Å². The van der Waals surface area contributed by atoms with E-state index in [1.165, 1.54) is 14.2 Å². The van der Waals surface area contributed by atoms with E-state index in [4.69, 9.17) is 14.0 Å². The number of aliphatic imine (C=N–C) groups is 1. The zero-order chi connectivity index (χ0) is 22.2. The fourth-order valence-corrected chi connectivity index (χ4v) is 4.01. The number of nitrogens with zero attached hydrogens (tertiary/aromatic N) is 5. The first-order chi connectivity index (χ1) is 15.0.